The van der Waals surface area contributed by atoms with Crippen LogP contribution in [-0.2, 0) is 5.41 Å². The molecule has 11 heteroatoms. The molecule has 0 aliphatic heterocycles. The Morgan fingerprint density at radius 1 is 1.09 bits per heavy atom. The van der Waals surface area contributed by atoms with Crippen molar-refractivity contribution in [2.45, 2.75) is 44.4 Å². The molecule has 0 aliphatic rings. The lowest BCUT2D eigenvalue weighted by atomic mass is 9.74. The molecule has 1 atom stereocenters. The number of alkyl halides is 3. The molecule has 0 bridgehead atoms. The summed E-state index contributed by atoms with van der Waals surface area (Å²) in [7, 11) is 0. The standard InChI is InChI=1S/C22H22F5N3O3/c1-12-28-9-14-17(6-5-16(24)19(14)30-12)29-11-21(31,22(25,26)27)10-20(2,3)15-8-13(23)4-7-18(15)33-32/h4-9,29,31-32H,10-11H2,1-3H3. The minimum Gasteiger partial charge on any atom is -0.381 e. The molecule has 3 rings (SSSR count). The Labute approximate surface area is 186 Å². The molecular weight excluding hydrogens is 449 g/mol. The number of nitrogens with zero attached hydrogens (tertiary/aromatic N) is 2. The largest absolute Gasteiger partial charge is 0.418 e. The van der Waals surface area contributed by atoms with Gasteiger partial charge in [0.15, 0.2) is 11.4 Å². The van der Waals surface area contributed by atoms with Gasteiger partial charge in [0, 0.05) is 22.8 Å². The van der Waals surface area contributed by atoms with Gasteiger partial charge in [-0.2, -0.15) is 13.2 Å². The lowest BCUT2D eigenvalue weighted by Crippen LogP contribution is -2.53. The van der Waals surface area contributed by atoms with Gasteiger partial charge in [-0.3, -0.25) is 0 Å². The Morgan fingerprint density at radius 2 is 1.79 bits per heavy atom. The summed E-state index contributed by atoms with van der Waals surface area (Å²) in [6, 6.07) is 5.26. The van der Waals surface area contributed by atoms with Crippen LogP contribution >= 0.6 is 0 Å². The third-order valence-corrected chi connectivity index (χ3v) is 5.42. The Bertz CT molecular complexity index is 1170. The number of rotatable bonds is 7. The summed E-state index contributed by atoms with van der Waals surface area (Å²) >= 11 is 0. The van der Waals surface area contributed by atoms with Crippen LogP contribution < -0.4 is 10.2 Å². The summed E-state index contributed by atoms with van der Waals surface area (Å²) < 4.78 is 69.9. The first-order valence-electron chi connectivity index (χ1n) is 9.84. The normalized spacial score (nSPS) is 14.2. The fourth-order valence-corrected chi connectivity index (χ4v) is 3.77. The summed E-state index contributed by atoms with van der Waals surface area (Å²) in [5.41, 5.74) is -4.83. The van der Waals surface area contributed by atoms with Crippen molar-refractivity contribution in [3.05, 3.63) is 59.6 Å². The summed E-state index contributed by atoms with van der Waals surface area (Å²) in [5.74, 6) is -1.38. The number of aromatic nitrogens is 2. The maximum absolute atomic E-state index is 14.1. The molecule has 0 saturated carbocycles. The number of fused-ring (bicyclic) bond motifs is 1. The molecule has 1 heterocycles. The Morgan fingerprint density at radius 3 is 2.42 bits per heavy atom. The van der Waals surface area contributed by atoms with Gasteiger partial charge in [-0.25, -0.2) is 24.0 Å². The van der Waals surface area contributed by atoms with Gasteiger partial charge in [-0.05, 0) is 49.1 Å². The van der Waals surface area contributed by atoms with Gasteiger partial charge in [0.25, 0.3) is 0 Å². The molecule has 0 saturated heterocycles. The number of hydrogen-bond donors (Lipinski definition) is 3. The number of anilines is 1. The van der Waals surface area contributed by atoms with Crippen molar-refractivity contribution in [3.8, 4) is 5.75 Å². The van der Waals surface area contributed by atoms with Crippen LogP contribution in [0, 0.1) is 18.6 Å². The topological polar surface area (TPSA) is 87.5 Å². The van der Waals surface area contributed by atoms with E-state index in [1.54, 1.807) is 6.92 Å². The fourth-order valence-electron chi connectivity index (χ4n) is 3.77. The lowest BCUT2D eigenvalue weighted by Gasteiger charge is -2.38. The van der Waals surface area contributed by atoms with Gasteiger partial charge in [-0.15, -0.1) is 0 Å². The van der Waals surface area contributed by atoms with Crippen LogP contribution in [-0.4, -0.2) is 38.7 Å². The molecule has 0 amide bonds. The highest BCUT2D eigenvalue weighted by atomic mass is 19.4. The van der Waals surface area contributed by atoms with E-state index in [1.807, 2.05) is 0 Å². The van der Waals surface area contributed by atoms with E-state index >= 15 is 0 Å². The summed E-state index contributed by atoms with van der Waals surface area (Å²) in [6.07, 6.45) is -4.73. The third-order valence-electron chi connectivity index (χ3n) is 5.42. The molecule has 178 valence electrons. The van der Waals surface area contributed by atoms with Crippen LogP contribution in [0.5, 0.6) is 5.75 Å². The Hall–Kier alpha value is -3.05. The number of nitrogens with one attached hydrogen (secondary N) is 1. The van der Waals surface area contributed by atoms with E-state index in [9.17, 15) is 27.1 Å². The Balaban J connectivity index is 1.96. The molecule has 0 aliphatic carbocycles. The maximum Gasteiger partial charge on any atom is 0.418 e. The number of aliphatic hydroxyl groups is 1. The van der Waals surface area contributed by atoms with Crippen molar-refractivity contribution in [1.29, 1.82) is 0 Å². The van der Waals surface area contributed by atoms with Gasteiger partial charge < -0.3 is 15.3 Å². The van der Waals surface area contributed by atoms with E-state index in [2.05, 4.69) is 20.2 Å². The molecule has 33 heavy (non-hydrogen) atoms. The van der Waals surface area contributed by atoms with Crippen molar-refractivity contribution in [1.82, 2.24) is 9.97 Å². The van der Waals surface area contributed by atoms with Crippen molar-refractivity contribution < 1.29 is 37.2 Å². The zero-order chi connectivity index (χ0) is 24.6. The van der Waals surface area contributed by atoms with Crippen molar-refractivity contribution in [2.24, 2.45) is 0 Å². The molecule has 6 nitrogen and oxygen atoms in total. The first-order valence-corrected chi connectivity index (χ1v) is 9.84. The first-order chi connectivity index (χ1) is 15.3. The third kappa shape index (κ3) is 4.98. The SMILES string of the molecule is Cc1ncc2c(NCC(O)(CC(C)(C)c3cc(F)ccc3OO)C(F)(F)F)ccc(F)c2n1. The zero-order valence-corrected chi connectivity index (χ0v) is 18.0. The number of halogens is 5. The van der Waals surface area contributed by atoms with Crippen molar-refractivity contribution in [2.75, 3.05) is 11.9 Å². The molecule has 2 aromatic carbocycles. The van der Waals surface area contributed by atoms with Crippen LogP contribution in [0.3, 0.4) is 0 Å². The van der Waals surface area contributed by atoms with E-state index < -0.39 is 41.8 Å². The highest BCUT2D eigenvalue weighted by molar-refractivity contribution is 5.91. The van der Waals surface area contributed by atoms with Gasteiger partial charge in [0.1, 0.15) is 23.0 Å². The van der Waals surface area contributed by atoms with Gasteiger partial charge in [0.2, 0.25) is 0 Å². The monoisotopic (exact) mass is 471 g/mol. The fraction of sp³-hybridized carbons (Fsp3) is 0.364. The van der Waals surface area contributed by atoms with E-state index in [0.29, 0.717) is 0 Å². The minimum atomic E-state index is -5.09. The average Bonchev–Trinajstić information content (AvgIpc) is 2.72. The van der Waals surface area contributed by atoms with E-state index in [0.717, 1.165) is 24.3 Å². The smallest absolute Gasteiger partial charge is 0.381 e. The van der Waals surface area contributed by atoms with Gasteiger partial charge in [-0.1, -0.05) is 13.8 Å². The van der Waals surface area contributed by atoms with E-state index in [-0.39, 0.29) is 33.7 Å². The lowest BCUT2D eigenvalue weighted by molar-refractivity contribution is -0.260. The molecular formula is C22H22F5N3O3. The average molecular weight is 471 g/mol. The Kier molecular flexibility index (Phi) is 6.49. The van der Waals surface area contributed by atoms with E-state index in [1.165, 1.54) is 26.1 Å². The number of hydrogen-bond acceptors (Lipinski definition) is 6. The van der Waals surface area contributed by atoms with Crippen LogP contribution in [0.25, 0.3) is 10.9 Å². The number of aryl methyl sites for hydroxylation is 1. The molecule has 0 spiro atoms. The second-order valence-corrected chi connectivity index (χ2v) is 8.45. The molecule has 0 radical (unpaired) electrons. The van der Waals surface area contributed by atoms with Gasteiger partial charge >= 0.3 is 6.18 Å². The number of benzene rings is 2. The second-order valence-electron chi connectivity index (χ2n) is 8.45. The summed E-state index contributed by atoms with van der Waals surface area (Å²) in [6.45, 7) is 3.25. The quantitative estimate of drug-likeness (QED) is 0.251. The summed E-state index contributed by atoms with van der Waals surface area (Å²) in [5, 5.41) is 22.5. The van der Waals surface area contributed by atoms with Crippen molar-refractivity contribution in [3.63, 3.8) is 0 Å². The summed E-state index contributed by atoms with van der Waals surface area (Å²) in [4.78, 5) is 12.1. The molecule has 1 unspecified atom stereocenters. The van der Waals surface area contributed by atoms with Crippen LogP contribution in [0.15, 0.2) is 36.5 Å². The highest BCUT2D eigenvalue weighted by Crippen LogP contribution is 2.44. The molecule has 3 N–H and O–H groups in total. The first kappa shape index (κ1) is 24.6. The predicted molar refractivity (Wildman–Crippen MR) is 111 cm³/mol. The molecule has 1 aromatic heterocycles. The molecule has 0 fully saturated rings. The predicted octanol–water partition coefficient (Wildman–Crippen LogP) is 5.14. The highest BCUT2D eigenvalue weighted by Gasteiger charge is 2.56. The minimum absolute atomic E-state index is 0.0659. The van der Waals surface area contributed by atoms with Gasteiger partial charge in [0.05, 0.1) is 6.54 Å². The van der Waals surface area contributed by atoms with Crippen molar-refractivity contribution >= 4 is 16.6 Å². The van der Waals surface area contributed by atoms with Crippen LogP contribution in [0.1, 0.15) is 31.7 Å². The molecule has 3 aromatic rings. The maximum atomic E-state index is 14.1. The van der Waals surface area contributed by atoms with Crippen LogP contribution in [0.2, 0.25) is 0 Å². The van der Waals surface area contributed by atoms with E-state index in [4.69, 9.17) is 5.26 Å². The zero-order valence-electron chi connectivity index (χ0n) is 18.0. The van der Waals surface area contributed by atoms with Crippen LogP contribution in [0.4, 0.5) is 27.6 Å². The second kappa shape index (κ2) is 8.71.